The second-order valence-corrected chi connectivity index (χ2v) is 6.29. The van der Waals surface area contributed by atoms with Crippen molar-refractivity contribution in [1.82, 2.24) is 5.43 Å². The Kier molecular flexibility index (Phi) is 4.72. The predicted molar refractivity (Wildman–Crippen MR) is 102 cm³/mol. The van der Waals surface area contributed by atoms with Gasteiger partial charge in [0.1, 0.15) is 5.75 Å². The maximum absolute atomic E-state index is 12.6. The van der Waals surface area contributed by atoms with Crippen molar-refractivity contribution in [2.75, 3.05) is 7.11 Å². The number of fused-ring (bicyclic) bond motifs is 1. The first kappa shape index (κ1) is 17.0. The van der Waals surface area contributed by atoms with E-state index in [-0.39, 0.29) is 11.8 Å². The van der Waals surface area contributed by atoms with Gasteiger partial charge in [-0.15, -0.1) is 0 Å². The first-order chi connectivity index (χ1) is 12.1. The first-order valence-corrected chi connectivity index (χ1v) is 8.27. The Hall–Kier alpha value is -2.85. The number of nitrogen functional groups attached to an aromatic ring is 1. The number of rotatable bonds is 4. The van der Waals surface area contributed by atoms with Gasteiger partial charge in [-0.3, -0.25) is 10.2 Å². The maximum atomic E-state index is 12.6. The molecule has 0 aliphatic rings. The van der Waals surface area contributed by atoms with Gasteiger partial charge < -0.3 is 4.74 Å². The minimum Gasteiger partial charge on any atom is -0.497 e. The number of amides is 1. The van der Waals surface area contributed by atoms with Crippen LogP contribution in [-0.4, -0.2) is 13.0 Å². The number of methoxy groups -OCH3 is 1. The second kappa shape index (κ2) is 6.95. The Morgan fingerprint density at radius 1 is 1.08 bits per heavy atom. The Morgan fingerprint density at radius 2 is 1.76 bits per heavy atom. The van der Waals surface area contributed by atoms with Crippen LogP contribution in [0.25, 0.3) is 21.9 Å². The number of carbonyl (C=O) groups excluding carboxylic acids is 1. The highest BCUT2D eigenvalue weighted by molar-refractivity contribution is 6.11. The van der Waals surface area contributed by atoms with Gasteiger partial charge in [-0.1, -0.05) is 56.3 Å². The van der Waals surface area contributed by atoms with E-state index >= 15 is 0 Å². The van der Waals surface area contributed by atoms with Crippen LogP contribution < -0.4 is 16.0 Å². The van der Waals surface area contributed by atoms with Crippen LogP contribution in [0.3, 0.4) is 0 Å². The molecular weight excluding hydrogens is 312 g/mol. The van der Waals surface area contributed by atoms with Crippen LogP contribution in [0.4, 0.5) is 0 Å². The fourth-order valence-corrected chi connectivity index (χ4v) is 3.20. The number of hydrogen-bond acceptors (Lipinski definition) is 3. The molecule has 4 nitrogen and oxygen atoms in total. The summed E-state index contributed by atoms with van der Waals surface area (Å²) in [6.45, 7) is 4.16. The number of ether oxygens (including phenoxy) is 1. The molecule has 3 rings (SSSR count). The Bertz CT molecular complexity index is 915. The van der Waals surface area contributed by atoms with Crippen molar-refractivity contribution in [3.8, 4) is 16.9 Å². The molecule has 0 bridgehead atoms. The van der Waals surface area contributed by atoms with E-state index in [1.54, 1.807) is 7.11 Å². The molecule has 3 aromatic carbocycles. The van der Waals surface area contributed by atoms with Crippen LogP contribution in [0.15, 0.2) is 54.6 Å². The van der Waals surface area contributed by atoms with Gasteiger partial charge in [-0.05, 0) is 39.9 Å². The van der Waals surface area contributed by atoms with Crippen molar-refractivity contribution < 1.29 is 9.53 Å². The summed E-state index contributed by atoms with van der Waals surface area (Å²) in [5.74, 6) is 6.18. The molecule has 0 spiro atoms. The highest BCUT2D eigenvalue weighted by atomic mass is 16.5. The van der Waals surface area contributed by atoms with E-state index in [4.69, 9.17) is 10.6 Å². The zero-order chi connectivity index (χ0) is 18.0. The van der Waals surface area contributed by atoms with Crippen LogP contribution in [0.5, 0.6) is 5.75 Å². The lowest BCUT2D eigenvalue weighted by molar-refractivity contribution is 0.0953. The van der Waals surface area contributed by atoms with Crippen LogP contribution in [0, 0.1) is 0 Å². The summed E-state index contributed by atoms with van der Waals surface area (Å²) in [5.41, 5.74) is 5.77. The van der Waals surface area contributed by atoms with Gasteiger partial charge in [0, 0.05) is 5.56 Å². The molecule has 3 aromatic rings. The molecule has 128 valence electrons. The van der Waals surface area contributed by atoms with Crippen molar-refractivity contribution in [3.05, 3.63) is 65.7 Å². The summed E-state index contributed by atoms with van der Waals surface area (Å²) in [6.07, 6.45) is 0. The van der Waals surface area contributed by atoms with E-state index < -0.39 is 0 Å². The Balaban J connectivity index is 2.41. The van der Waals surface area contributed by atoms with Crippen LogP contribution in [0.2, 0.25) is 0 Å². The lowest BCUT2D eigenvalue weighted by atomic mass is 9.85. The van der Waals surface area contributed by atoms with E-state index in [0.29, 0.717) is 5.56 Å². The molecule has 1 amide bonds. The molecular formula is C21H22N2O2. The van der Waals surface area contributed by atoms with Crippen LogP contribution in [0.1, 0.15) is 35.7 Å². The molecule has 0 unspecified atom stereocenters. The van der Waals surface area contributed by atoms with Crippen LogP contribution in [-0.2, 0) is 0 Å². The van der Waals surface area contributed by atoms with Crippen LogP contribution >= 0.6 is 0 Å². The summed E-state index contributed by atoms with van der Waals surface area (Å²) in [4.78, 5) is 12.6. The smallest absolute Gasteiger partial charge is 0.266 e. The summed E-state index contributed by atoms with van der Waals surface area (Å²) in [5, 5.41) is 2.13. The third kappa shape index (κ3) is 3.08. The Labute approximate surface area is 147 Å². The lowest BCUT2D eigenvalue weighted by Crippen LogP contribution is -2.31. The van der Waals surface area contributed by atoms with Gasteiger partial charge >= 0.3 is 0 Å². The molecule has 0 atom stereocenters. The molecule has 3 N–H and O–H groups in total. The van der Waals surface area contributed by atoms with E-state index in [0.717, 1.165) is 33.2 Å². The van der Waals surface area contributed by atoms with E-state index in [1.165, 1.54) is 0 Å². The monoisotopic (exact) mass is 334 g/mol. The lowest BCUT2D eigenvalue weighted by Gasteiger charge is -2.19. The number of hydrogen-bond donors (Lipinski definition) is 2. The molecule has 0 saturated carbocycles. The van der Waals surface area contributed by atoms with Crippen molar-refractivity contribution in [1.29, 1.82) is 0 Å². The quantitative estimate of drug-likeness (QED) is 0.426. The molecule has 0 aromatic heterocycles. The largest absolute Gasteiger partial charge is 0.497 e. The first-order valence-electron chi connectivity index (χ1n) is 8.27. The fourth-order valence-electron chi connectivity index (χ4n) is 3.20. The van der Waals surface area contributed by atoms with Crippen molar-refractivity contribution in [3.63, 3.8) is 0 Å². The third-order valence-electron chi connectivity index (χ3n) is 4.44. The van der Waals surface area contributed by atoms with Gasteiger partial charge in [0.25, 0.3) is 5.91 Å². The number of hydrazine groups is 1. The van der Waals surface area contributed by atoms with E-state index in [2.05, 4.69) is 31.4 Å². The van der Waals surface area contributed by atoms with Gasteiger partial charge in [0.2, 0.25) is 0 Å². The standard InChI is InChI=1S/C21H22N2O2/c1-13(2)18-12-15-6-4-5-7-17(15)19(20(18)21(24)23-22)14-8-10-16(25-3)11-9-14/h4-13H,22H2,1-3H3,(H,23,24). The van der Waals surface area contributed by atoms with E-state index in [9.17, 15) is 4.79 Å². The SMILES string of the molecule is COc1ccc(-c2c(C(=O)NN)c(C(C)C)cc3ccccc23)cc1. The maximum Gasteiger partial charge on any atom is 0.266 e. The minimum absolute atomic E-state index is 0.189. The fraction of sp³-hybridized carbons (Fsp3) is 0.190. The van der Waals surface area contributed by atoms with Crippen molar-refractivity contribution >= 4 is 16.7 Å². The molecule has 25 heavy (non-hydrogen) atoms. The second-order valence-electron chi connectivity index (χ2n) is 6.29. The third-order valence-corrected chi connectivity index (χ3v) is 4.44. The molecule has 0 radical (unpaired) electrons. The normalized spacial score (nSPS) is 10.9. The van der Waals surface area contributed by atoms with Gasteiger partial charge in [0.05, 0.1) is 12.7 Å². The highest BCUT2D eigenvalue weighted by Crippen LogP contribution is 2.37. The predicted octanol–water partition coefficient (Wildman–Crippen LogP) is 4.24. The molecule has 0 fully saturated rings. The molecule has 0 saturated heterocycles. The number of benzene rings is 3. The minimum atomic E-state index is -0.278. The average molecular weight is 334 g/mol. The van der Waals surface area contributed by atoms with Gasteiger partial charge in [-0.25, -0.2) is 5.84 Å². The molecule has 4 heteroatoms. The van der Waals surface area contributed by atoms with E-state index in [1.807, 2.05) is 42.5 Å². The number of carbonyl (C=O) groups is 1. The summed E-state index contributed by atoms with van der Waals surface area (Å²) >= 11 is 0. The van der Waals surface area contributed by atoms with Gasteiger partial charge in [0.15, 0.2) is 0 Å². The average Bonchev–Trinajstić information content (AvgIpc) is 2.65. The Morgan fingerprint density at radius 3 is 2.36 bits per heavy atom. The molecule has 0 aliphatic heterocycles. The topological polar surface area (TPSA) is 64.3 Å². The zero-order valence-corrected chi connectivity index (χ0v) is 14.7. The zero-order valence-electron chi connectivity index (χ0n) is 14.7. The summed E-state index contributed by atoms with van der Waals surface area (Å²) in [6, 6.07) is 17.9. The van der Waals surface area contributed by atoms with Gasteiger partial charge in [-0.2, -0.15) is 0 Å². The van der Waals surface area contributed by atoms with Crippen molar-refractivity contribution in [2.24, 2.45) is 5.84 Å². The molecule has 0 aliphatic carbocycles. The molecule has 0 heterocycles. The summed E-state index contributed by atoms with van der Waals surface area (Å²) < 4.78 is 5.25. The number of nitrogens with two attached hydrogens (primary N) is 1. The highest BCUT2D eigenvalue weighted by Gasteiger charge is 2.21. The summed E-state index contributed by atoms with van der Waals surface area (Å²) in [7, 11) is 1.64. The number of nitrogens with one attached hydrogen (secondary N) is 1. The van der Waals surface area contributed by atoms with Crippen molar-refractivity contribution in [2.45, 2.75) is 19.8 Å².